The van der Waals surface area contributed by atoms with Gasteiger partial charge in [0.15, 0.2) is 0 Å². The van der Waals surface area contributed by atoms with Crippen LogP contribution in [0.5, 0.6) is 0 Å². The van der Waals surface area contributed by atoms with Crippen LogP contribution in [0.2, 0.25) is 0 Å². The first-order valence-electron chi connectivity index (χ1n) is 2.03. The topological polar surface area (TPSA) is 14.1 Å². The zero-order valence-electron chi connectivity index (χ0n) is 4.59. The van der Waals surface area contributed by atoms with Gasteiger partial charge in [0, 0.05) is 65.4 Å². The predicted molar refractivity (Wildman–Crippen MR) is 22.3 cm³/mol. The maximum absolute atomic E-state index is 4.00. The Morgan fingerprint density at radius 2 is 1.57 bits per heavy atom. The molecule has 1 aliphatic heterocycles. The number of hydrogen-bond donors (Lipinski definition) is 0. The molecule has 7 heavy (non-hydrogen) atoms. The molecule has 0 bridgehead atoms. The molecule has 0 aliphatic carbocycles. The second-order valence-electron chi connectivity index (χ2n) is 1.69. The Hall–Kier alpha value is 2.17. The van der Waals surface area contributed by atoms with Gasteiger partial charge in [-0.15, -0.1) is 13.1 Å². The molecule has 1 rings (SSSR count). The van der Waals surface area contributed by atoms with E-state index >= 15 is 0 Å². The van der Waals surface area contributed by atoms with Crippen LogP contribution < -0.4 is 0 Å². The van der Waals surface area contributed by atoms with Crippen molar-refractivity contribution in [2.75, 3.05) is 13.1 Å². The van der Waals surface area contributed by atoms with Crippen molar-refractivity contribution in [3.05, 3.63) is 5.32 Å². The van der Waals surface area contributed by atoms with Crippen LogP contribution in [0, 0.1) is 5.92 Å². The molecular formula is C4H8NY2-. The van der Waals surface area contributed by atoms with E-state index in [2.05, 4.69) is 12.2 Å². The number of rotatable bonds is 0. The van der Waals surface area contributed by atoms with Crippen molar-refractivity contribution >= 4 is 0 Å². The van der Waals surface area contributed by atoms with Gasteiger partial charge in [0.2, 0.25) is 0 Å². The molecule has 0 aromatic heterocycles. The Morgan fingerprint density at radius 3 is 1.57 bits per heavy atom. The summed E-state index contributed by atoms with van der Waals surface area (Å²) in [4.78, 5) is 0. The molecule has 1 fully saturated rings. The fourth-order valence-corrected chi connectivity index (χ4v) is 0.387. The molecule has 0 spiro atoms. The average Bonchev–Trinajstić information content (AvgIpc) is 1.30. The van der Waals surface area contributed by atoms with Gasteiger partial charge in [0.1, 0.15) is 0 Å². The maximum Gasteiger partial charge on any atom is 0 e. The molecule has 1 heterocycles. The normalized spacial score (nSPS) is 18.4. The van der Waals surface area contributed by atoms with E-state index in [9.17, 15) is 0 Å². The van der Waals surface area contributed by atoms with Crippen LogP contribution in [-0.4, -0.2) is 13.1 Å². The van der Waals surface area contributed by atoms with Gasteiger partial charge in [-0.2, -0.15) is 0 Å². The summed E-state index contributed by atoms with van der Waals surface area (Å²) in [6, 6.07) is 0. The third kappa shape index (κ3) is 4.66. The Bertz CT molecular complexity index is 36.7. The van der Waals surface area contributed by atoms with Gasteiger partial charge < -0.3 is 5.32 Å². The molecule has 3 heteroatoms. The molecule has 0 saturated carbocycles. The van der Waals surface area contributed by atoms with Crippen LogP contribution in [0.1, 0.15) is 6.92 Å². The zero-order valence-corrected chi connectivity index (χ0v) is 10.3. The average molecular weight is 248 g/mol. The van der Waals surface area contributed by atoms with Crippen LogP contribution in [0.15, 0.2) is 0 Å². The van der Waals surface area contributed by atoms with Crippen LogP contribution in [-0.2, 0) is 65.4 Å². The second kappa shape index (κ2) is 6.29. The van der Waals surface area contributed by atoms with Gasteiger partial charge in [-0.3, -0.25) is 0 Å². The van der Waals surface area contributed by atoms with Gasteiger partial charge >= 0.3 is 0 Å². The summed E-state index contributed by atoms with van der Waals surface area (Å²) < 4.78 is 0. The van der Waals surface area contributed by atoms with Crippen LogP contribution in [0.4, 0.5) is 0 Å². The molecule has 0 atom stereocenters. The standard InChI is InChI=1S/C4H8N.2Y/c1-4-2-5-3-4;;/h4H,2-3H2,1H3;;/q-1;;. The summed E-state index contributed by atoms with van der Waals surface area (Å²) in [5, 5.41) is 4.00. The molecular weight excluding hydrogens is 240 g/mol. The van der Waals surface area contributed by atoms with Crippen molar-refractivity contribution in [2.24, 2.45) is 5.92 Å². The van der Waals surface area contributed by atoms with E-state index in [0.717, 1.165) is 19.0 Å². The van der Waals surface area contributed by atoms with Crippen LogP contribution in [0.3, 0.4) is 0 Å². The Labute approximate surface area is 95.1 Å². The molecule has 0 aromatic carbocycles. The minimum Gasteiger partial charge on any atom is -0.662 e. The van der Waals surface area contributed by atoms with Gasteiger partial charge in [-0.1, -0.05) is 12.8 Å². The minimum atomic E-state index is 0. The van der Waals surface area contributed by atoms with Crippen molar-refractivity contribution in [2.45, 2.75) is 6.92 Å². The molecule has 1 saturated heterocycles. The largest absolute Gasteiger partial charge is 0.662 e. The summed E-state index contributed by atoms with van der Waals surface area (Å²) in [5.74, 6) is 0.898. The van der Waals surface area contributed by atoms with E-state index in [0.29, 0.717) is 0 Å². The summed E-state index contributed by atoms with van der Waals surface area (Å²) >= 11 is 0. The summed E-state index contributed by atoms with van der Waals surface area (Å²) in [7, 11) is 0. The molecule has 0 N–H and O–H groups in total. The molecule has 0 aromatic rings. The first-order valence-corrected chi connectivity index (χ1v) is 2.03. The van der Waals surface area contributed by atoms with Crippen molar-refractivity contribution in [1.82, 2.24) is 0 Å². The smallest absolute Gasteiger partial charge is 0 e. The zero-order chi connectivity index (χ0) is 3.70. The molecule has 2 radical (unpaired) electrons. The van der Waals surface area contributed by atoms with Gasteiger partial charge in [-0.05, 0) is 0 Å². The Morgan fingerprint density at radius 1 is 1.29 bits per heavy atom. The van der Waals surface area contributed by atoms with Gasteiger partial charge in [0.25, 0.3) is 0 Å². The monoisotopic (exact) mass is 248 g/mol. The Kier molecular flexibility index (Phi) is 10.7. The quantitative estimate of drug-likeness (QED) is 0.607. The SMILES string of the molecule is CC1C[N-]C1.[Y].[Y]. The van der Waals surface area contributed by atoms with Gasteiger partial charge in [0.05, 0.1) is 0 Å². The van der Waals surface area contributed by atoms with E-state index in [1.165, 1.54) is 0 Å². The number of hydrogen-bond acceptors (Lipinski definition) is 0. The van der Waals surface area contributed by atoms with E-state index < -0.39 is 0 Å². The molecule has 1 nitrogen and oxygen atoms in total. The third-order valence-corrected chi connectivity index (χ3v) is 0.882. The van der Waals surface area contributed by atoms with Crippen molar-refractivity contribution in [1.29, 1.82) is 0 Å². The minimum absolute atomic E-state index is 0. The van der Waals surface area contributed by atoms with Crippen molar-refractivity contribution < 1.29 is 65.4 Å². The molecule has 1 aliphatic rings. The molecule has 0 unspecified atom stereocenters. The maximum atomic E-state index is 4.00. The van der Waals surface area contributed by atoms with Crippen LogP contribution >= 0.6 is 0 Å². The van der Waals surface area contributed by atoms with E-state index in [1.807, 2.05) is 0 Å². The first-order chi connectivity index (χ1) is 2.39. The summed E-state index contributed by atoms with van der Waals surface area (Å²) in [6.07, 6.45) is 0. The van der Waals surface area contributed by atoms with Crippen LogP contribution in [0.25, 0.3) is 5.32 Å². The van der Waals surface area contributed by atoms with Crippen molar-refractivity contribution in [3.63, 3.8) is 0 Å². The van der Waals surface area contributed by atoms with Gasteiger partial charge in [-0.25, -0.2) is 0 Å². The summed E-state index contributed by atoms with van der Waals surface area (Å²) in [5.41, 5.74) is 0. The van der Waals surface area contributed by atoms with Crippen molar-refractivity contribution in [3.8, 4) is 0 Å². The fraction of sp³-hybridized carbons (Fsp3) is 1.00. The van der Waals surface area contributed by atoms with E-state index in [1.54, 1.807) is 0 Å². The van der Waals surface area contributed by atoms with E-state index in [-0.39, 0.29) is 65.4 Å². The number of nitrogens with zero attached hydrogens (tertiary/aromatic N) is 1. The van der Waals surface area contributed by atoms with E-state index in [4.69, 9.17) is 0 Å². The second-order valence-corrected chi connectivity index (χ2v) is 1.69. The summed E-state index contributed by atoms with van der Waals surface area (Å²) in [6.45, 7) is 4.44. The Balaban J connectivity index is 0. The predicted octanol–water partition coefficient (Wildman–Crippen LogP) is 1.00. The first kappa shape index (κ1) is 11.9. The fourth-order valence-electron chi connectivity index (χ4n) is 0.387. The third-order valence-electron chi connectivity index (χ3n) is 0.882. The molecule has 36 valence electrons. The molecule has 0 amide bonds.